The van der Waals surface area contributed by atoms with Crippen LogP contribution in [0.15, 0.2) is 23.1 Å². The number of morpholine rings is 1. The average molecular weight is 315 g/mol. The molecule has 0 N–H and O–H groups in total. The first-order valence-corrected chi connectivity index (χ1v) is 8.01. The number of halogens is 1. The summed E-state index contributed by atoms with van der Waals surface area (Å²) in [6.07, 6.45) is -0.144. The molecule has 1 heterocycles. The smallest absolute Gasteiger partial charge is 0.243 e. The maximum Gasteiger partial charge on any atom is 0.243 e. The fraction of sp³-hybridized carbons (Fsp3) is 0.462. The Morgan fingerprint density at radius 1 is 1.45 bits per heavy atom. The average Bonchev–Trinajstić information content (AvgIpc) is 2.41. The van der Waals surface area contributed by atoms with Crippen LogP contribution in [0.2, 0.25) is 5.02 Å². The minimum absolute atomic E-state index is 0.0995. The molecule has 0 unspecified atom stereocenters. The second kappa shape index (κ2) is 5.70. The zero-order valence-electron chi connectivity index (χ0n) is 11.2. The molecule has 0 spiro atoms. The van der Waals surface area contributed by atoms with Crippen molar-refractivity contribution >= 4 is 21.6 Å². The molecule has 2 atom stereocenters. The SMILES string of the molecule is C[C@H]1CN(S(=O)(=O)c2ccc(C#N)c(Cl)c2)[C@@H](C)CO1. The van der Waals surface area contributed by atoms with E-state index in [2.05, 4.69) is 0 Å². The molecule has 108 valence electrons. The van der Waals surface area contributed by atoms with Crippen molar-refractivity contribution in [2.24, 2.45) is 0 Å². The maximum atomic E-state index is 12.6. The molecular weight excluding hydrogens is 300 g/mol. The number of nitrogens with zero attached hydrogens (tertiary/aromatic N) is 2. The third-order valence-corrected chi connectivity index (χ3v) is 5.51. The van der Waals surface area contributed by atoms with E-state index in [0.29, 0.717) is 13.2 Å². The van der Waals surface area contributed by atoms with Gasteiger partial charge in [-0.3, -0.25) is 0 Å². The predicted octanol–water partition coefficient (Wildman–Crippen LogP) is 2.01. The van der Waals surface area contributed by atoms with Crippen molar-refractivity contribution in [3.05, 3.63) is 28.8 Å². The lowest BCUT2D eigenvalue weighted by atomic mass is 10.2. The zero-order valence-corrected chi connectivity index (χ0v) is 12.8. The topological polar surface area (TPSA) is 70.4 Å². The highest BCUT2D eigenvalue weighted by Crippen LogP contribution is 2.26. The van der Waals surface area contributed by atoms with Gasteiger partial charge in [-0.15, -0.1) is 0 Å². The first-order valence-electron chi connectivity index (χ1n) is 6.19. The highest BCUT2D eigenvalue weighted by Gasteiger charge is 2.34. The second-order valence-corrected chi connectivity index (χ2v) is 7.12. The lowest BCUT2D eigenvalue weighted by molar-refractivity contribution is -0.0170. The van der Waals surface area contributed by atoms with Gasteiger partial charge in [-0.05, 0) is 32.0 Å². The molecule has 1 aliphatic heterocycles. The molecule has 1 aromatic carbocycles. The van der Waals surface area contributed by atoms with Crippen molar-refractivity contribution < 1.29 is 13.2 Å². The third kappa shape index (κ3) is 2.81. The second-order valence-electron chi connectivity index (χ2n) is 4.82. The number of sulfonamides is 1. The molecule has 1 fully saturated rings. The Bertz CT molecular complexity index is 654. The van der Waals surface area contributed by atoms with Crippen molar-refractivity contribution in [1.29, 1.82) is 5.26 Å². The first-order chi connectivity index (χ1) is 9.36. The zero-order chi connectivity index (χ0) is 14.9. The Balaban J connectivity index is 2.39. The first kappa shape index (κ1) is 15.3. The van der Waals surface area contributed by atoms with Gasteiger partial charge in [-0.2, -0.15) is 9.57 Å². The van der Waals surface area contributed by atoms with Crippen LogP contribution in [0.5, 0.6) is 0 Å². The Kier molecular flexibility index (Phi) is 4.35. The summed E-state index contributed by atoms with van der Waals surface area (Å²) in [4.78, 5) is 0.0995. The minimum atomic E-state index is -3.63. The Labute approximate surface area is 123 Å². The molecule has 0 amide bonds. The Morgan fingerprint density at radius 2 is 2.15 bits per heavy atom. The number of rotatable bonds is 2. The Hall–Kier alpha value is -1.13. The summed E-state index contributed by atoms with van der Waals surface area (Å²) in [5.74, 6) is 0. The van der Waals surface area contributed by atoms with Crippen molar-refractivity contribution in [2.45, 2.75) is 30.9 Å². The van der Waals surface area contributed by atoms with Gasteiger partial charge in [0.05, 0.1) is 28.2 Å². The predicted molar refractivity (Wildman–Crippen MR) is 74.9 cm³/mol. The molecule has 0 bridgehead atoms. The fourth-order valence-electron chi connectivity index (χ4n) is 2.09. The van der Waals surface area contributed by atoms with Crippen molar-refractivity contribution in [2.75, 3.05) is 13.2 Å². The van der Waals surface area contributed by atoms with Gasteiger partial charge < -0.3 is 4.74 Å². The molecule has 1 aromatic rings. The molecule has 7 heteroatoms. The molecule has 0 aliphatic carbocycles. The summed E-state index contributed by atoms with van der Waals surface area (Å²) < 4.78 is 32.1. The van der Waals surface area contributed by atoms with Crippen molar-refractivity contribution in [3.63, 3.8) is 0 Å². The van der Waals surface area contributed by atoms with Crippen LogP contribution in [-0.2, 0) is 14.8 Å². The van der Waals surface area contributed by atoms with E-state index in [-0.39, 0.29) is 27.6 Å². The summed E-state index contributed by atoms with van der Waals surface area (Å²) in [5.41, 5.74) is 0.258. The molecule has 0 saturated carbocycles. The molecule has 1 saturated heterocycles. The molecule has 1 aliphatic rings. The monoisotopic (exact) mass is 314 g/mol. The molecule has 0 aromatic heterocycles. The number of hydrogen-bond donors (Lipinski definition) is 0. The van der Waals surface area contributed by atoms with Gasteiger partial charge in [0.25, 0.3) is 0 Å². The van der Waals surface area contributed by atoms with Crippen molar-refractivity contribution in [1.82, 2.24) is 4.31 Å². The van der Waals surface area contributed by atoms with Crippen molar-refractivity contribution in [3.8, 4) is 6.07 Å². The molecule has 0 radical (unpaired) electrons. The highest BCUT2D eigenvalue weighted by atomic mass is 35.5. The van der Waals surface area contributed by atoms with Gasteiger partial charge in [0.2, 0.25) is 10.0 Å². The van der Waals surface area contributed by atoms with E-state index in [1.54, 1.807) is 6.92 Å². The van der Waals surface area contributed by atoms with Crippen LogP contribution >= 0.6 is 11.6 Å². The molecule has 2 rings (SSSR count). The number of hydrogen-bond acceptors (Lipinski definition) is 4. The van der Waals surface area contributed by atoms with Crippen LogP contribution in [0.3, 0.4) is 0 Å². The van der Waals surface area contributed by atoms with Gasteiger partial charge in [0.15, 0.2) is 0 Å². The van der Waals surface area contributed by atoms with E-state index in [1.165, 1.54) is 22.5 Å². The maximum absolute atomic E-state index is 12.6. The fourth-order valence-corrected chi connectivity index (χ4v) is 4.10. The molecular formula is C13H15ClN2O3S. The van der Waals surface area contributed by atoms with Crippen LogP contribution < -0.4 is 0 Å². The standard InChI is InChI=1S/C13H15ClN2O3S/c1-9-8-19-10(2)7-16(9)20(17,18)12-4-3-11(6-15)13(14)5-12/h3-5,9-10H,7-8H2,1-2H3/t9-,10-/m0/s1. The number of benzene rings is 1. The summed E-state index contributed by atoms with van der Waals surface area (Å²) in [6.45, 7) is 4.31. The summed E-state index contributed by atoms with van der Waals surface area (Å²) in [5, 5.41) is 8.97. The third-order valence-electron chi connectivity index (χ3n) is 3.22. The van der Waals surface area contributed by atoms with Gasteiger partial charge in [0.1, 0.15) is 6.07 Å². The summed E-state index contributed by atoms with van der Waals surface area (Å²) in [6, 6.07) is 5.83. The van der Waals surface area contributed by atoms with Gasteiger partial charge in [0, 0.05) is 12.6 Å². The lowest BCUT2D eigenvalue weighted by Crippen LogP contribution is -2.50. The van der Waals surface area contributed by atoms with E-state index < -0.39 is 10.0 Å². The lowest BCUT2D eigenvalue weighted by Gasteiger charge is -2.35. The minimum Gasteiger partial charge on any atom is -0.375 e. The van der Waals surface area contributed by atoms with E-state index in [0.717, 1.165) is 0 Å². The molecule has 5 nitrogen and oxygen atoms in total. The Morgan fingerprint density at radius 3 is 2.75 bits per heavy atom. The van der Waals surface area contributed by atoms with Gasteiger partial charge in [-0.1, -0.05) is 11.6 Å². The quantitative estimate of drug-likeness (QED) is 0.837. The summed E-state index contributed by atoms with van der Waals surface area (Å²) in [7, 11) is -3.63. The number of ether oxygens (including phenoxy) is 1. The van der Waals surface area contributed by atoms with Crippen LogP contribution in [0, 0.1) is 11.3 Å². The summed E-state index contributed by atoms with van der Waals surface area (Å²) >= 11 is 5.91. The van der Waals surface area contributed by atoms with Crippen LogP contribution in [0.1, 0.15) is 19.4 Å². The van der Waals surface area contributed by atoms with E-state index in [9.17, 15) is 8.42 Å². The van der Waals surface area contributed by atoms with Crippen LogP contribution in [-0.4, -0.2) is 38.0 Å². The van der Waals surface area contributed by atoms with Crippen LogP contribution in [0.25, 0.3) is 0 Å². The van der Waals surface area contributed by atoms with E-state index in [4.69, 9.17) is 21.6 Å². The van der Waals surface area contributed by atoms with Gasteiger partial charge in [-0.25, -0.2) is 8.42 Å². The van der Waals surface area contributed by atoms with E-state index in [1.807, 2.05) is 13.0 Å². The normalized spacial score (nSPS) is 24.3. The van der Waals surface area contributed by atoms with E-state index >= 15 is 0 Å². The van der Waals surface area contributed by atoms with Gasteiger partial charge >= 0.3 is 0 Å². The number of nitriles is 1. The highest BCUT2D eigenvalue weighted by molar-refractivity contribution is 7.89. The van der Waals surface area contributed by atoms with Crippen LogP contribution in [0.4, 0.5) is 0 Å². The largest absolute Gasteiger partial charge is 0.375 e. The molecule has 20 heavy (non-hydrogen) atoms.